The van der Waals surface area contributed by atoms with E-state index in [2.05, 4.69) is 20.6 Å². The highest BCUT2D eigenvalue weighted by Gasteiger charge is 2.26. The summed E-state index contributed by atoms with van der Waals surface area (Å²) in [5, 5.41) is 6.01. The third-order valence-electron chi connectivity index (χ3n) is 7.12. The Morgan fingerprint density at radius 2 is 1.81 bits per heavy atom. The molecule has 2 aromatic heterocycles. The van der Waals surface area contributed by atoms with Crippen LogP contribution < -0.4 is 21.1 Å². The maximum absolute atomic E-state index is 14.8. The van der Waals surface area contributed by atoms with Gasteiger partial charge in [-0.2, -0.15) is 4.39 Å². The average Bonchev–Trinajstić information content (AvgIpc) is 3.42. The minimum atomic E-state index is -1.08. The summed E-state index contributed by atoms with van der Waals surface area (Å²) in [6.45, 7) is 5.78. The predicted octanol–water partition coefficient (Wildman–Crippen LogP) is 3.55. The van der Waals surface area contributed by atoms with E-state index in [0.29, 0.717) is 61.1 Å². The number of piperazine rings is 1. The number of amides is 3. The van der Waals surface area contributed by atoms with Crippen molar-refractivity contribution in [2.24, 2.45) is 5.73 Å². The van der Waals surface area contributed by atoms with Crippen LogP contribution in [0.5, 0.6) is 5.75 Å². The van der Waals surface area contributed by atoms with Crippen molar-refractivity contribution in [3.63, 3.8) is 0 Å². The van der Waals surface area contributed by atoms with E-state index in [-0.39, 0.29) is 29.3 Å². The van der Waals surface area contributed by atoms with Gasteiger partial charge in [0.1, 0.15) is 0 Å². The smallest absolute Gasteiger partial charge is 0.317 e. The predicted molar refractivity (Wildman–Crippen MR) is 154 cm³/mol. The first-order valence-corrected chi connectivity index (χ1v) is 13.5. The Hall–Kier alpha value is -4.78. The molecule has 1 unspecified atom stereocenters. The molecule has 4 N–H and O–H groups in total. The van der Waals surface area contributed by atoms with Crippen molar-refractivity contribution >= 4 is 29.1 Å². The minimum Gasteiger partial charge on any atom is -0.494 e. The number of rotatable bonds is 7. The summed E-state index contributed by atoms with van der Waals surface area (Å²) in [4.78, 5) is 37.8. The zero-order valence-corrected chi connectivity index (χ0v) is 23.5. The summed E-state index contributed by atoms with van der Waals surface area (Å²) in [5.41, 5.74) is 8.47. The number of methoxy groups -OCH3 is 1. The molecule has 13 heteroatoms. The number of hydrogen-bond acceptors (Lipinski definition) is 7. The number of nitrogens with one attached hydrogen (secondary N) is 2. The van der Waals surface area contributed by atoms with Gasteiger partial charge in [-0.05, 0) is 49.7 Å². The summed E-state index contributed by atoms with van der Waals surface area (Å²) in [6.07, 6.45) is 4.58. The van der Waals surface area contributed by atoms with Crippen molar-refractivity contribution < 1.29 is 23.1 Å². The first-order valence-electron chi connectivity index (χ1n) is 13.5. The summed E-state index contributed by atoms with van der Waals surface area (Å²) in [6, 6.07) is 7.83. The van der Waals surface area contributed by atoms with Crippen LogP contribution in [-0.4, -0.2) is 82.0 Å². The Balaban J connectivity index is 1.29. The van der Waals surface area contributed by atoms with Gasteiger partial charge in [0.2, 0.25) is 5.82 Å². The molecule has 1 atom stereocenters. The highest BCUT2D eigenvalue weighted by Crippen LogP contribution is 2.31. The molecule has 5 rings (SSSR count). The van der Waals surface area contributed by atoms with Gasteiger partial charge < -0.3 is 30.9 Å². The van der Waals surface area contributed by atoms with Crippen LogP contribution in [0.2, 0.25) is 0 Å². The number of aromatic nitrogens is 3. The maximum Gasteiger partial charge on any atom is 0.317 e. The topological polar surface area (TPSA) is 130 Å². The molecule has 42 heavy (non-hydrogen) atoms. The molecule has 3 heterocycles. The molecule has 0 aliphatic carbocycles. The zero-order valence-electron chi connectivity index (χ0n) is 23.5. The summed E-state index contributed by atoms with van der Waals surface area (Å²) in [7, 11) is 1.27. The van der Waals surface area contributed by atoms with Gasteiger partial charge in [0.25, 0.3) is 5.91 Å². The van der Waals surface area contributed by atoms with Crippen LogP contribution in [0.1, 0.15) is 22.8 Å². The van der Waals surface area contributed by atoms with Crippen LogP contribution in [0.25, 0.3) is 16.9 Å². The first-order chi connectivity index (χ1) is 20.2. The number of anilines is 2. The average molecular weight is 579 g/mol. The van der Waals surface area contributed by atoms with Crippen LogP contribution in [-0.2, 0) is 0 Å². The molecule has 1 saturated heterocycles. The lowest BCUT2D eigenvalue weighted by Crippen LogP contribution is -2.54. The lowest BCUT2D eigenvalue weighted by atomic mass is 10.1. The van der Waals surface area contributed by atoms with Gasteiger partial charge in [-0.25, -0.2) is 19.2 Å². The van der Waals surface area contributed by atoms with Crippen LogP contribution >= 0.6 is 0 Å². The fourth-order valence-corrected chi connectivity index (χ4v) is 4.86. The zero-order chi connectivity index (χ0) is 30.0. The standard InChI is InChI=1S/C29H32F2N8O3/c1-17-14-19(4-5-20(17)28(40)37-10-12-38(13-11-37)29(41)35-15-18(2)32)36-26-27-34-16-22(39(27)9-8-33-26)21-6-7-23(42-3)25(31)24(21)30/h4-9,14,16,18H,10-13,15,32H2,1-3H3,(H,33,36)(H,35,41). The van der Waals surface area contributed by atoms with Gasteiger partial charge >= 0.3 is 6.03 Å². The number of benzene rings is 2. The third-order valence-corrected chi connectivity index (χ3v) is 7.12. The molecule has 1 fully saturated rings. The summed E-state index contributed by atoms with van der Waals surface area (Å²) >= 11 is 0. The molecular weight excluding hydrogens is 546 g/mol. The number of fused-ring (bicyclic) bond motifs is 1. The molecule has 3 amide bonds. The quantitative estimate of drug-likeness (QED) is 0.306. The molecule has 11 nitrogen and oxygen atoms in total. The second kappa shape index (κ2) is 12.0. The molecule has 0 radical (unpaired) electrons. The fraction of sp³-hybridized carbons (Fsp3) is 0.310. The van der Waals surface area contributed by atoms with Crippen LogP contribution in [0.3, 0.4) is 0 Å². The lowest BCUT2D eigenvalue weighted by molar-refractivity contribution is 0.0664. The highest BCUT2D eigenvalue weighted by atomic mass is 19.2. The molecule has 220 valence electrons. The van der Waals surface area contributed by atoms with E-state index in [1.165, 1.54) is 31.6 Å². The van der Waals surface area contributed by atoms with Gasteiger partial charge in [-0.1, -0.05) is 0 Å². The minimum absolute atomic E-state index is 0.0308. The van der Waals surface area contributed by atoms with Crippen LogP contribution in [0.4, 0.5) is 25.1 Å². The number of halogens is 2. The van der Waals surface area contributed by atoms with Crippen molar-refractivity contribution in [3.05, 3.63) is 71.7 Å². The number of urea groups is 1. The molecular formula is C29H32F2N8O3. The Kier molecular flexibility index (Phi) is 8.20. The number of carbonyl (C=O) groups excluding carboxylic acids is 2. The molecule has 0 bridgehead atoms. The van der Waals surface area contributed by atoms with Gasteiger partial charge in [0.15, 0.2) is 23.0 Å². The van der Waals surface area contributed by atoms with Crippen molar-refractivity contribution in [2.45, 2.75) is 19.9 Å². The number of nitrogens with two attached hydrogens (primary N) is 1. The fourth-order valence-electron chi connectivity index (χ4n) is 4.86. The van der Waals surface area contributed by atoms with Gasteiger partial charge in [0, 0.05) is 68.0 Å². The summed E-state index contributed by atoms with van der Waals surface area (Å²) < 4.78 is 35.6. The second-order valence-corrected chi connectivity index (χ2v) is 10.2. The van der Waals surface area contributed by atoms with Gasteiger partial charge in [-0.3, -0.25) is 9.20 Å². The van der Waals surface area contributed by atoms with E-state index in [4.69, 9.17) is 10.5 Å². The van der Waals surface area contributed by atoms with Crippen LogP contribution in [0, 0.1) is 18.6 Å². The number of aryl methyl sites for hydroxylation is 1. The van der Waals surface area contributed by atoms with E-state index < -0.39 is 11.6 Å². The largest absolute Gasteiger partial charge is 0.494 e. The lowest BCUT2D eigenvalue weighted by Gasteiger charge is -2.35. The van der Waals surface area contributed by atoms with Gasteiger partial charge in [-0.15, -0.1) is 0 Å². The number of hydrogen-bond donors (Lipinski definition) is 3. The van der Waals surface area contributed by atoms with Crippen molar-refractivity contribution in [1.82, 2.24) is 29.5 Å². The normalized spacial score (nSPS) is 14.1. The summed E-state index contributed by atoms with van der Waals surface area (Å²) in [5.74, 6) is -2.01. The maximum atomic E-state index is 14.8. The van der Waals surface area contributed by atoms with E-state index in [1.54, 1.807) is 32.5 Å². The molecule has 1 aliphatic heterocycles. The number of ether oxygens (including phenoxy) is 1. The molecule has 0 spiro atoms. The third kappa shape index (κ3) is 5.68. The SMILES string of the molecule is COc1ccc(-c2cnc3c(Nc4ccc(C(=O)N5CCN(C(=O)NCC(C)N)CC5)c(C)c4)nccn23)c(F)c1F. The molecule has 4 aromatic rings. The molecule has 1 aliphatic rings. The highest BCUT2D eigenvalue weighted by molar-refractivity contribution is 5.96. The van der Waals surface area contributed by atoms with Crippen molar-refractivity contribution in [1.29, 1.82) is 0 Å². The second-order valence-electron chi connectivity index (χ2n) is 10.2. The Bertz CT molecular complexity index is 1630. The number of nitrogens with zero attached hydrogens (tertiary/aromatic N) is 5. The monoisotopic (exact) mass is 578 g/mol. The van der Waals surface area contributed by atoms with Crippen molar-refractivity contribution in [3.8, 4) is 17.0 Å². The first kappa shape index (κ1) is 28.7. The van der Waals surface area contributed by atoms with E-state index in [0.717, 1.165) is 5.56 Å². The van der Waals surface area contributed by atoms with Crippen molar-refractivity contribution in [2.75, 3.05) is 45.2 Å². The molecule has 2 aromatic carbocycles. The van der Waals surface area contributed by atoms with E-state index in [1.807, 2.05) is 19.9 Å². The molecule has 0 saturated carbocycles. The Morgan fingerprint density at radius 3 is 2.50 bits per heavy atom. The Labute approximate surface area is 241 Å². The number of imidazole rings is 1. The number of carbonyl (C=O) groups is 2. The Morgan fingerprint density at radius 1 is 1.07 bits per heavy atom. The van der Waals surface area contributed by atoms with Crippen LogP contribution in [0.15, 0.2) is 48.9 Å². The van der Waals surface area contributed by atoms with E-state index >= 15 is 0 Å². The van der Waals surface area contributed by atoms with E-state index in [9.17, 15) is 18.4 Å². The van der Waals surface area contributed by atoms with Gasteiger partial charge in [0.05, 0.1) is 19.0 Å².